The van der Waals surface area contributed by atoms with Gasteiger partial charge in [-0.3, -0.25) is 9.78 Å². The van der Waals surface area contributed by atoms with E-state index in [1.54, 1.807) is 0 Å². The third-order valence-electron chi connectivity index (χ3n) is 2.05. The Hall–Kier alpha value is -1.44. The Morgan fingerprint density at radius 2 is 2.29 bits per heavy atom. The number of aliphatic hydroxyl groups is 2. The van der Waals surface area contributed by atoms with Crippen LogP contribution in [0.2, 0.25) is 5.15 Å². The summed E-state index contributed by atoms with van der Waals surface area (Å²) in [6.07, 6.45) is -2.00. The molecule has 7 nitrogen and oxygen atoms in total. The maximum absolute atomic E-state index is 10.9. The van der Waals surface area contributed by atoms with E-state index in [1.807, 2.05) is 0 Å². The summed E-state index contributed by atoms with van der Waals surface area (Å²) in [7, 11) is 1.18. The van der Waals surface area contributed by atoms with Gasteiger partial charge >= 0.3 is 5.97 Å². The second-order valence-electron chi connectivity index (χ2n) is 3.26. The first-order valence-electron chi connectivity index (χ1n) is 4.66. The number of aromatic nitrogens is 2. The molecular weight excluding hydrogens is 250 g/mol. The molecule has 1 aromatic heterocycles. The molecule has 2 unspecified atom stereocenters. The molecule has 0 saturated carbocycles. The summed E-state index contributed by atoms with van der Waals surface area (Å²) in [6.45, 7) is 0. The number of methoxy groups -OCH3 is 1. The number of aliphatic hydroxyl groups excluding tert-OH is 2. The largest absolute Gasteiger partial charge is 0.469 e. The van der Waals surface area contributed by atoms with Crippen LogP contribution in [0.4, 0.5) is 5.82 Å². The fraction of sp³-hybridized carbons (Fsp3) is 0.444. The summed E-state index contributed by atoms with van der Waals surface area (Å²) < 4.78 is 4.36. The van der Waals surface area contributed by atoms with Crippen LogP contribution in [0.15, 0.2) is 6.20 Å². The lowest BCUT2D eigenvalue weighted by Crippen LogP contribution is -2.24. The van der Waals surface area contributed by atoms with Gasteiger partial charge in [0.1, 0.15) is 22.8 Å². The lowest BCUT2D eigenvalue weighted by atomic mass is 10.1. The number of hydrogen-bond donors (Lipinski definition) is 3. The predicted molar refractivity (Wildman–Crippen MR) is 59.1 cm³/mol. The molecule has 0 saturated heterocycles. The normalized spacial score (nSPS) is 14.1. The second-order valence-corrected chi connectivity index (χ2v) is 3.64. The number of carbonyl (C=O) groups is 1. The van der Waals surface area contributed by atoms with Crippen molar-refractivity contribution in [3.05, 3.63) is 17.0 Å². The van der Waals surface area contributed by atoms with Crippen LogP contribution in [0, 0.1) is 0 Å². The third kappa shape index (κ3) is 3.52. The fourth-order valence-electron chi connectivity index (χ4n) is 1.17. The quantitative estimate of drug-likeness (QED) is 0.635. The van der Waals surface area contributed by atoms with Gasteiger partial charge in [-0.2, -0.15) is 0 Å². The van der Waals surface area contributed by atoms with E-state index in [0.29, 0.717) is 0 Å². The van der Waals surface area contributed by atoms with Crippen molar-refractivity contribution < 1.29 is 19.7 Å². The van der Waals surface area contributed by atoms with E-state index < -0.39 is 18.2 Å². The number of hydrogen-bond acceptors (Lipinski definition) is 7. The van der Waals surface area contributed by atoms with Gasteiger partial charge in [-0.25, -0.2) is 4.98 Å². The van der Waals surface area contributed by atoms with Crippen LogP contribution in [-0.2, 0) is 9.53 Å². The van der Waals surface area contributed by atoms with Crippen LogP contribution >= 0.6 is 11.6 Å². The number of nitrogen functional groups attached to an aromatic ring is 1. The summed E-state index contributed by atoms with van der Waals surface area (Å²) in [5, 5.41) is 19.4. The first-order valence-corrected chi connectivity index (χ1v) is 5.04. The van der Waals surface area contributed by atoms with Crippen molar-refractivity contribution in [2.24, 2.45) is 0 Å². The van der Waals surface area contributed by atoms with Gasteiger partial charge in [0.2, 0.25) is 0 Å². The molecule has 8 heteroatoms. The molecule has 0 bridgehead atoms. The highest BCUT2D eigenvalue weighted by Crippen LogP contribution is 2.22. The smallest absolute Gasteiger partial charge is 0.308 e. The molecule has 0 spiro atoms. The molecule has 1 heterocycles. The van der Waals surface area contributed by atoms with Crippen molar-refractivity contribution in [3.8, 4) is 0 Å². The molecule has 0 aliphatic carbocycles. The van der Waals surface area contributed by atoms with Crippen LogP contribution in [0.1, 0.15) is 18.2 Å². The maximum Gasteiger partial charge on any atom is 0.308 e. The Kier molecular flexibility index (Phi) is 4.62. The van der Waals surface area contributed by atoms with Crippen molar-refractivity contribution in [2.45, 2.75) is 18.6 Å². The first kappa shape index (κ1) is 13.6. The molecule has 0 amide bonds. The summed E-state index contributed by atoms with van der Waals surface area (Å²) in [4.78, 5) is 18.3. The van der Waals surface area contributed by atoms with E-state index in [0.717, 1.165) is 0 Å². The molecule has 17 heavy (non-hydrogen) atoms. The lowest BCUT2D eigenvalue weighted by molar-refractivity contribution is -0.144. The van der Waals surface area contributed by atoms with Crippen molar-refractivity contribution in [2.75, 3.05) is 12.8 Å². The zero-order chi connectivity index (χ0) is 13.0. The van der Waals surface area contributed by atoms with Gasteiger partial charge in [0, 0.05) is 0 Å². The van der Waals surface area contributed by atoms with Crippen LogP contribution in [0.3, 0.4) is 0 Å². The highest BCUT2D eigenvalue weighted by molar-refractivity contribution is 6.29. The highest BCUT2D eigenvalue weighted by atomic mass is 35.5. The van der Waals surface area contributed by atoms with Crippen LogP contribution in [-0.4, -0.2) is 39.4 Å². The zero-order valence-corrected chi connectivity index (χ0v) is 9.76. The van der Waals surface area contributed by atoms with Crippen molar-refractivity contribution in [1.82, 2.24) is 9.97 Å². The predicted octanol–water partition coefficient (Wildman–Crippen LogP) is -0.330. The molecule has 0 radical (unpaired) electrons. The minimum Gasteiger partial charge on any atom is -0.469 e. The van der Waals surface area contributed by atoms with E-state index >= 15 is 0 Å². The summed E-state index contributed by atoms with van der Waals surface area (Å²) in [6, 6.07) is 0. The SMILES string of the molecule is COC(=O)CC(O)C(O)c1ncc(Cl)nc1N. The number of halogens is 1. The standard InChI is InChI=1S/C9H12ClN3O4/c1-17-6(15)2-4(14)8(16)7-9(11)13-5(10)3-12-7/h3-4,8,14,16H,2H2,1H3,(H2,11,13). The molecule has 0 aliphatic rings. The van der Waals surface area contributed by atoms with E-state index in [9.17, 15) is 15.0 Å². The molecule has 0 aromatic carbocycles. The average molecular weight is 262 g/mol. The Morgan fingerprint density at radius 1 is 1.65 bits per heavy atom. The lowest BCUT2D eigenvalue weighted by Gasteiger charge is -2.17. The van der Waals surface area contributed by atoms with Crippen LogP contribution in [0.25, 0.3) is 0 Å². The minimum atomic E-state index is -1.43. The Labute approximate surface area is 102 Å². The second kappa shape index (κ2) is 5.76. The summed E-state index contributed by atoms with van der Waals surface area (Å²) >= 11 is 5.54. The Morgan fingerprint density at radius 3 is 2.82 bits per heavy atom. The number of rotatable bonds is 4. The highest BCUT2D eigenvalue weighted by Gasteiger charge is 2.25. The maximum atomic E-state index is 10.9. The van der Waals surface area contributed by atoms with Gasteiger partial charge in [-0.05, 0) is 0 Å². The first-order chi connectivity index (χ1) is 7.95. The molecule has 94 valence electrons. The van der Waals surface area contributed by atoms with Crippen molar-refractivity contribution >= 4 is 23.4 Å². The molecule has 0 aliphatic heterocycles. The molecular formula is C9H12ClN3O4. The number of carbonyl (C=O) groups excluding carboxylic acids is 1. The van der Waals surface area contributed by atoms with Crippen LogP contribution in [0.5, 0.6) is 0 Å². The van der Waals surface area contributed by atoms with E-state index in [-0.39, 0.29) is 23.1 Å². The van der Waals surface area contributed by atoms with Gasteiger partial charge < -0.3 is 20.7 Å². The van der Waals surface area contributed by atoms with E-state index in [1.165, 1.54) is 13.3 Å². The monoisotopic (exact) mass is 261 g/mol. The van der Waals surface area contributed by atoms with E-state index in [2.05, 4.69) is 14.7 Å². The summed E-state index contributed by atoms with van der Waals surface area (Å²) in [5.41, 5.74) is 5.44. The van der Waals surface area contributed by atoms with Crippen LogP contribution < -0.4 is 5.73 Å². The van der Waals surface area contributed by atoms with Gasteiger partial charge in [0.25, 0.3) is 0 Å². The minimum absolute atomic E-state index is 0.0363. The number of nitrogens with zero attached hydrogens (tertiary/aromatic N) is 2. The van der Waals surface area contributed by atoms with Gasteiger partial charge in [-0.1, -0.05) is 11.6 Å². The fourth-order valence-corrected chi connectivity index (χ4v) is 1.31. The number of anilines is 1. The van der Waals surface area contributed by atoms with E-state index in [4.69, 9.17) is 17.3 Å². The molecule has 4 N–H and O–H groups in total. The number of nitrogens with two attached hydrogens (primary N) is 1. The number of esters is 1. The number of ether oxygens (including phenoxy) is 1. The molecule has 0 fully saturated rings. The summed E-state index contributed by atoms with van der Waals surface area (Å²) in [5.74, 6) is -0.758. The zero-order valence-electron chi connectivity index (χ0n) is 9.00. The molecule has 1 rings (SSSR count). The third-order valence-corrected chi connectivity index (χ3v) is 2.23. The Bertz CT molecular complexity index is 415. The van der Waals surface area contributed by atoms with Crippen molar-refractivity contribution in [1.29, 1.82) is 0 Å². The van der Waals surface area contributed by atoms with Gasteiger partial charge in [0.15, 0.2) is 0 Å². The van der Waals surface area contributed by atoms with Gasteiger partial charge in [0.05, 0.1) is 25.8 Å². The average Bonchev–Trinajstić information content (AvgIpc) is 2.28. The van der Waals surface area contributed by atoms with Gasteiger partial charge in [-0.15, -0.1) is 0 Å². The topological polar surface area (TPSA) is 119 Å². The molecule has 2 atom stereocenters. The Balaban J connectivity index is 2.81. The van der Waals surface area contributed by atoms with Crippen molar-refractivity contribution in [3.63, 3.8) is 0 Å². The molecule has 1 aromatic rings.